The molecule has 0 bridgehead atoms. The van der Waals surface area contributed by atoms with Crippen molar-refractivity contribution in [1.82, 2.24) is 4.90 Å². The van der Waals surface area contributed by atoms with Crippen LogP contribution in [0, 0.1) is 6.92 Å². The summed E-state index contributed by atoms with van der Waals surface area (Å²) >= 11 is 0. The molecule has 0 N–H and O–H groups in total. The molecule has 0 rings (SSSR count). The topological polar surface area (TPSA) is 3.24 Å². The molecule has 0 aromatic heterocycles. The molecule has 0 aliphatic rings. The molecule has 0 saturated carbocycles. The van der Waals surface area contributed by atoms with E-state index in [1.165, 1.54) is 0 Å². The molecule has 34 valence electrons. The van der Waals surface area contributed by atoms with Gasteiger partial charge in [-0.25, -0.2) is 0 Å². The summed E-state index contributed by atoms with van der Waals surface area (Å²) in [7, 11) is 3.99. The van der Waals surface area contributed by atoms with E-state index < -0.39 is 0 Å². The normalized spacial score (nSPS) is 6.86. The van der Waals surface area contributed by atoms with Gasteiger partial charge >= 0.3 is 37.7 Å². The van der Waals surface area contributed by atoms with E-state index >= 15 is 0 Å². The van der Waals surface area contributed by atoms with Crippen LogP contribution in [-0.2, 0) is 0 Å². The zero-order valence-corrected chi connectivity index (χ0v) is 5.86. The molecular weight excluding hydrogens is 75.9 g/mol. The zero-order valence-electron chi connectivity index (χ0n) is 6.86. The van der Waals surface area contributed by atoms with E-state index in [-0.39, 0.29) is 39.1 Å². The molecule has 0 aliphatic carbocycles. The molecule has 0 spiro atoms. The van der Waals surface area contributed by atoms with E-state index in [4.69, 9.17) is 0 Å². The van der Waals surface area contributed by atoms with Crippen LogP contribution in [0.4, 0.5) is 0 Å². The standard InChI is InChI=1S/C4H10N.2Li.H/c1-4-5(2)3;;;/h1,4H2,2-3H3;;;/q-1;2*+1;-1. The SMILES string of the molecule is [CH2-]CN(C)C.[H-].[Li+].[Li+]. The summed E-state index contributed by atoms with van der Waals surface area (Å²) in [5, 5.41) is 0. The molecule has 1 nitrogen and oxygen atoms in total. The summed E-state index contributed by atoms with van der Waals surface area (Å²) in [4.78, 5) is 2.01. The minimum absolute atomic E-state index is 0. The molecule has 0 aromatic rings. The van der Waals surface area contributed by atoms with E-state index in [9.17, 15) is 0 Å². The third-order valence-corrected chi connectivity index (χ3v) is 0.447. The fraction of sp³-hybridized carbons (Fsp3) is 0.750. The third kappa shape index (κ3) is 19.1. The van der Waals surface area contributed by atoms with Crippen LogP contribution in [0.3, 0.4) is 0 Å². The number of nitrogens with zero attached hydrogens (tertiary/aromatic N) is 1. The molecule has 0 radical (unpaired) electrons. The molecule has 0 saturated heterocycles. The monoisotopic (exact) mass is 87.1 g/mol. The Balaban J connectivity index is -0.0000000267. The number of hydrogen-bond donors (Lipinski definition) is 0. The first kappa shape index (κ1) is 15.7. The minimum atomic E-state index is 0. The van der Waals surface area contributed by atoms with Gasteiger partial charge in [0.15, 0.2) is 0 Å². The van der Waals surface area contributed by atoms with Gasteiger partial charge in [0.2, 0.25) is 0 Å². The van der Waals surface area contributed by atoms with Crippen molar-refractivity contribution in [1.29, 1.82) is 0 Å². The van der Waals surface area contributed by atoms with Crippen molar-refractivity contribution in [3.8, 4) is 0 Å². The predicted molar refractivity (Wildman–Crippen MR) is 25.0 cm³/mol. The minimum Gasteiger partial charge on any atom is -1.00 e. The Labute approximate surface area is 71.7 Å². The van der Waals surface area contributed by atoms with Crippen LogP contribution in [0.5, 0.6) is 0 Å². The maximum absolute atomic E-state index is 3.61. The molecule has 0 unspecified atom stereocenters. The van der Waals surface area contributed by atoms with Crippen molar-refractivity contribution in [3.05, 3.63) is 6.92 Å². The zero-order chi connectivity index (χ0) is 4.28. The van der Waals surface area contributed by atoms with Crippen molar-refractivity contribution >= 4 is 0 Å². The van der Waals surface area contributed by atoms with Gasteiger partial charge in [-0.15, -0.1) is 6.54 Å². The first-order valence-corrected chi connectivity index (χ1v) is 1.71. The van der Waals surface area contributed by atoms with Crippen molar-refractivity contribution in [2.75, 3.05) is 20.6 Å². The van der Waals surface area contributed by atoms with Crippen LogP contribution in [0.15, 0.2) is 0 Å². The fourth-order valence-electron chi connectivity index (χ4n) is 0. The van der Waals surface area contributed by atoms with Gasteiger partial charge in [0.25, 0.3) is 0 Å². The Morgan fingerprint density at radius 2 is 1.57 bits per heavy atom. The summed E-state index contributed by atoms with van der Waals surface area (Å²) in [6, 6.07) is 0. The third-order valence-electron chi connectivity index (χ3n) is 0.447. The molecule has 0 aliphatic heterocycles. The number of rotatable bonds is 1. The van der Waals surface area contributed by atoms with E-state index in [2.05, 4.69) is 6.92 Å². The Bertz CT molecular complexity index is 28.0. The van der Waals surface area contributed by atoms with Crippen LogP contribution < -0.4 is 37.7 Å². The Morgan fingerprint density at radius 3 is 1.57 bits per heavy atom. The quantitative estimate of drug-likeness (QED) is 0.228. The van der Waals surface area contributed by atoms with Crippen molar-refractivity contribution in [3.63, 3.8) is 0 Å². The van der Waals surface area contributed by atoms with Gasteiger partial charge in [0.1, 0.15) is 0 Å². The van der Waals surface area contributed by atoms with Crippen molar-refractivity contribution in [2.45, 2.75) is 0 Å². The van der Waals surface area contributed by atoms with Gasteiger partial charge in [-0.3, -0.25) is 0 Å². The fourth-order valence-corrected chi connectivity index (χ4v) is 0. The van der Waals surface area contributed by atoms with E-state index in [1.807, 2.05) is 19.0 Å². The average molecular weight is 87.0 g/mol. The van der Waals surface area contributed by atoms with E-state index in [0.717, 1.165) is 6.54 Å². The van der Waals surface area contributed by atoms with Gasteiger partial charge in [0, 0.05) is 0 Å². The molecule has 7 heavy (non-hydrogen) atoms. The summed E-state index contributed by atoms with van der Waals surface area (Å²) in [5.74, 6) is 0. The van der Waals surface area contributed by atoms with Gasteiger partial charge in [-0.05, 0) is 14.1 Å². The molecular formula is C4H11Li2N. The number of hydrogen-bond acceptors (Lipinski definition) is 1. The molecule has 3 heteroatoms. The van der Waals surface area contributed by atoms with Crippen LogP contribution in [-0.4, -0.2) is 25.5 Å². The van der Waals surface area contributed by atoms with Gasteiger partial charge < -0.3 is 13.3 Å². The summed E-state index contributed by atoms with van der Waals surface area (Å²) < 4.78 is 0. The molecule has 0 amide bonds. The second kappa shape index (κ2) is 10.2. The predicted octanol–water partition coefficient (Wildman–Crippen LogP) is -5.50. The Morgan fingerprint density at radius 1 is 1.43 bits per heavy atom. The first-order chi connectivity index (χ1) is 2.27. The maximum Gasteiger partial charge on any atom is 1.00 e. The van der Waals surface area contributed by atoms with Crippen LogP contribution >= 0.6 is 0 Å². The second-order valence-electron chi connectivity index (χ2n) is 1.30. The molecule has 0 heterocycles. The Hall–Kier alpha value is 1.15. The van der Waals surface area contributed by atoms with Crippen LogP contribution in [0.2, 0.25) is 0 Å². The van der Waals surface area contributed by atoms with Crippen molar-refractivity contribution < 1.29 is 39.1 Å². The van der Waals surface area contributed by atoms with Crippen LogP contribution in [0.25, 0.3) is 0 Å². The first-order valence-electron chi connectivity index (χ1n) is 1.71. The molecule has 0 fully saturated rings. The summed E-state index contributed by atoms with van der Waals surface area (Å²) in [5.41, 5.74) is 0. The summed E-state index contributed by atoms with van der Waals surface area (Å²) in [6.45, 7) is 4.50. The van der Waals surface area contributed by atoms with E-state index in [1.54, 1.807) is 0 Å². The van der Waals surface area contributed by atoms with E-state index in [0.29, 0.717) is 0 Å². The molecule has 0 aromatic carbocycles. The van der Waals surface area contributed by atoms with Gasteiger partial charge in [0.05, 0.1) is 0 Å². The maximum atomic E-state index is 3.61. The smallest absolute Gasteiger partial charge is 1.00 e. The second-order valence-corrected chi connectivity index (χ2v) is 1.30. The average Bonchev–Trinajstić information content (AvgIpc) is 1.38. The van der Waals surface area contributed by atoms with Gasteiger partial charge in [-0.2, -0.15) is 0 Å². The largest absolute Gasteiger partial charge is 1.00 e. The van der Waals surface area contributed by atoms with Gasteiger partial charge in [-0.1, -0.05) is 0 Å². The van der Waals surface area contributed by atoms with Crippen molar-refractivity contribution in [2.24, 2.45) is 0 Å². The van der Waals surface area contributed by atoms with Crippen LogP contribution in [0.1, 0.15) is 1.43 Å². The molecule has 0 atom stereocenters. The summed E-state index contributed by atoms with van der Waals surface area (Å²) in [6.07, 6.45) is 0. The Kier molecular flexibility index (Phi) is 22.9.